The normalized spacial score (nSPS) is 14.5. The number of para-hydroxylation sites is 1. The van der Waals surface area contributed by atoms with Gasteiger partial charge in [-0.25, -0.2) is 0 Å². The third kappa shape index (κ3) is 2.37. The predicted molar refractivity (Wildman–Crippen MR) is 80.3 cm³/mol. The summed E-state index contributed by atoms with van der Waals surface area (Å²) in [6, 6.07) is 13.8. The Hall–Kier alpha value is -2.00. The first-order chi connectivity index (χ1) is 9.79. The van der Waals surface area contributed by atoms with E-state index in [2.05, 4.69) is 11.4 Å². The summed E-state index contributed by atoms with van der Waals surface area (Å²) in [5, 5.41) is 14.0. The Kier molecular flexibility index (Phi) is 3.61. The zero-order chi connectivity index (χ0) is 13.9. The monoisotopic (exact) mass is 269 g/mol. The average Bonchev–Trinajstić information content (AvgIpc) is 2.95. The number of aliphatic hydroxyl groups is 1. The Morgan fingerprint density at radius 3 is 2.95 bits per heavy atom. The maximum Gasteiger partial charge on any atom is 0.119 e. The van der Waals surface area contributed by atoms with Crippen molar-refractivity contribution in [2.75, 3.05) is 18.5 Å². The van der Waals surface area contributed by atoms with Crippen LogP contribution < -0.4 is 10.1 Å². The van der Waals surface area contributed by atoms with Crippen LogP contribution >= 0.6 is 0 Å². The number of anilines is 1. The quantitative estimate of drug-likeness (QED) is 0.896. The van der Waals surface area contributed by atoms with Gasteiger partial charge in [0, 0.05) is 17.8 Å². The van der Waals surface area contributed by atoms with E-state index in [1.165, 1.54) is 5.56 Å². The first kappa shape index (κ1) is 13.0. The number of aliphatic hydroxyl groups excluding tert-OH is 1. The molecule has 1 atom stereocenters. The topological polar surface area (TPSA) is 41.5 Å². The fraction of sp³-hybridized carbons (Fsp3) is 0.294. The molecule has 0 amide bonds. The zero-order valence-electron chi connectivity index (χ0n) is 11.6. The third-order valence-corrected chi connectivity index (χ3v) is 3.66. The van der Waals surface area contributed by atoms with Crippen molar-refractivity contribution < 1.29 is 9.84 Å². The molecule has 1 heterocycles. The second-order valence-electron chi connectivity index (χ2n) is 4.97. The SMILES string of the molecule is CCOc1cccc(C(O)c2cccc3c2NCC3)c1. The average molecular weight is 269 g/mol. The molecule has 0 aliphatic carbocycles. The third-order valence-electron chi connectivity index (χ3n) is 3.66. The van der Waals surface area contributed by atoms with Gasteiger partial charge >= 0.3 is 0 Å². The van der Waals surface area contributed by atoms with E-state index in [0.717, 1.165) is 35.5 Å². The molecule has 2 N–H and O–H groups in total. The van der Waals surface area contributed by atoms with Gasteiger partial charge in [-0.3, -0.25) is 0 Å². The van der Waals surface area contributed by atoms with Gasteiger partial charge in [0.1, 0.15) is 11.9 Å². The standard InChI is InChI=1S/C17H19NO2/c1-2-20-14-7-3-6-13(11-14)17(19)15-8-4-5-12-9-10-18-16(12)15/h3-8,11,17-19H,2,9-10H2,1H3. The maximum atomic E-state index is 10.7. The van der Waals surface area contributed by atoms with Crippen LogP contribution in [-0.4, -0.2) is 18.3 Å². The Morgan fingerprint density at radius 1 is 1.25 bits per heavy atom. The van der Waals surface area contributed by atoms with Crippen LogP contribution in [0, 0.1) is 0 Å². The molecule has 0 radical (unpaired) electrons. The molecule has 20 heavy (non-hydrogen) atoms. The molecule has 104 valence electrons. The molecule has 0 saturated carbocycles. The van der Waals surface area contributed by atoms with Crippen LogP contribution in [0.3, 0.4) is 0 Å². The molecule has 0 bridgehead atoms. The van der Waals surface area contributed by atoms with Crippen molar-refractivity contribution in [3.05, 3.63) is 59.2 Å². The smallest absolute Gasteiger partial charge is 0.119 e. The minimum absolute atomic E-state index is 0.627. The summed E-state index contributed by atoms with van der Waals surface area (Å²) >= 11 is 0. The molecule has 1 aliphatic heterocycles. The molecule has 0 fully saturated rings. The fourth-order valence-electron chi connectivity index (χ4n) is 2.71. The number of hydrogen-bond donors (Lipinski definition) is 2. The fourth-order valence-corrected chi connectivity index (χ4v) is 2.71. The highest BCUT2D eigenvalue weighted by molar-refractivity contribution is 5.63. The highest BCUT2D eigenvalue weighted by atomic mass is 16.5. The van der Waals surface area contributed by atoms with Crippen LogP contribution in [0.4, 0.5) is 5.69 Å². The number of rotatable bonds is 4. The van der Waals surface area contributed by atoms with Crippen molar-refractivity contribution in [3.8, 4) is 5.75 Å². The van der Waals surface area contributed by atoms with Crippen molar-refractivity contribution in [1.82, 2.24) is 0 Å². The van der Waals surface area contributed by atoms with E-state index in [1.807, 2.05) is 43.3 Å². The van der Waals surface area contributed by atoms with Gasteiger partial charge in [-0.15, -0.1) is 0 Å². The van der Waals surface area contributed by atoms with Crippen LogP contribution in [0.25, 0.3) is 0 Å². The number of ether oxygens (including phenoxy) is 1. The summed E-state index contributed by atoms with van der Waals surface area (Å²) in [5.74, 6) is 0.796. The first-order valence-electron chi connectivity index (χ1n) is 7.06. The Bertz CT molecular complexity index is 610. The molecular weight excluding hydrogens is 250 g/mol. The van der Waals surface area contributed by atoms with E-state index < -0.39 is 6.10 Å². The molecule has 3 nitrogen and oxygen atoms in total. The Balaban J connectivity index is 1.95. The number of hydrogen-bond acceptors (Lipinski definition) is 3. The lowest BCUT2D eigenvalue weighted by molar-refractivity contribution is 0.220. The van der Waals surface area contributed by atoms with Gasteiger partial charge in [0.25, 0.3) is 0 Å². The predicted octanol–water partition coefficient (Wildman–Crippen LogP) is 3.14. The molecule has 3 heteroatoms. The minimum atomic E-state index is -0.629. The Labute approximate surface area is 119 Å². The molecular formula is C17H19NO2. The largest absolute Gasteiger partial charge is 0.494 e. The first-order valence-corrected chi connectivity index (χ1v) is 7.06. The Morgan fingerprint density at radius 2 is 2.10 bits per heavy atom. The van der Waals surface area contributed by atoms with Gasteiger partial charge < -0.3 is 15.2 Å². The summed E-state index contributed by atoms with van der Waals surface area (Å²) in [4.78, 5) is 0. The molecule has 3 rings (SSSR count). The van der Waals surface area contributed by atoms with Gasteiger partial charge in [-0.2, -0.15) is 0 Å². The molecule has 0 saturated heterocycles. The lowest BCUT2D eigenvalue weighted by Gasteiger charge is -2.16. The van der Waals surface area contributed by atoms with Gasteiger partial charge in [0.2, 0.25) is 0 Å². The molecule has 0 spiro atoms. The summed E-state index contributed by atoms with van der Waals surface area (Å²) in [7, 11) is 0. The van der Waals surface area contributed by atoms with Crippen LogP contribution in [-0.2, 0) is 6.42 Å². The zero-order valence-corrected chi connectivity index (χ0v) is 11.6. The van der Waals surface area contributed by atoms with Crippen molar-refractivity contribution in [1.29, 1.82) is 0 Å². The number of nitrogens with one attached hydrogen (secondary N) is 1. The van der Waals surface area contributed by atoms with Crippen LogP contribution in [0.1, 0.15) is 29.7 Å². The molecule has 2 aromatic rings. The molecule has 0 aromatic heterocycles. The van der Waals surface area contributed by atoms with E-state index in [4.69, 9.17) is 4.74 Å². The van der Waals surface area contributed by atoms with E-state index in [1.54, 1.807) is 0 Å². The van der Waals surface area contributed by atoms with Crippen molar-refractivity contribution in [2.45, 2.75) is 19.4 Å². The van der Waals surface area contributed by atoms with Crippen LogP contribution in [0.5, 0.6) is 5.75 Å². The summed E-state index contributed by atoms with van der Waals surface area (Å²) in [5.41, 5.74) is 4.16. The van der Waals surface area contributed by atoms with Gasteiger partial charge in [0.15, 0.2) is 0 Å². The summed E-state index contributed by atoms with van der Waals surface area (Å²) in [6.07, 6.45) is 0.394. The van der Waals surface area contributed by atoms with E-state index in [9.17, 15) is 5.11 Å². The lowest BCUT2D eigenvalue weighted by Crippen LogP contribution is -2.04. The van der Waals surface area contributed by atoms with Gasteiger partial charge in [-0.1, -0.05) is 30.3 Å². The van der Waals surface area contributed by atoms with Gasteiger partial charge in [-0.05, 0) is 36.6 Å². The number of benzene rings is 2. The second-order valence-corrected chi connectivity index (χ2v) is 4.97. The van der Waals surface area contributed by atoms with Crippen molar-refractivity contribution >= 4 is 5.69 Å². The van der Waals surface area contributed by atoms with Crippen LogP contribution in [0.15, 0.2) is 42.5 Å². The highest BCUT2D eigenvalue weighted by Crippen LogP contribution is 2.34. The van der Waals surface area contributed by atoms with E-state index in [-0.39, 0.29) is 0 Å². The van der Waals surface area contributed by atoms with E-state index in [0.29, 0.717) is 6.61 Å². The summed E-state index contributed by atoms with van der Waals surface area (Å²) < 4.78 is 5.50. The van der Waals surface area contributed by atoms with E-state index >= 15 is 0 Å². The lowest BCUT2D eigenvalue weighted by atomic mass is 9.97. The minimum Gasteiger partial charge on any atom is -0.494 e. The number of fused-ring (bicyclic) bond motifs is 1. The van der Waals surface area contributed by atoms with Crippen molar-refractivity contribution in [2.24, 2.45) is 0 Å². The van der Waals surface area contributed by atoms with Crippen molar-refractivity contribution in [3.63, 3.8) is 0 Å². The molecule has 1 unspecified atom stereocenters. The molecule has 2 aromatic carbocycles. The summed E-state index contributed by atoms with van der Waals surface area (Å²) in [6.45, 7) is 3.52. The highest BCUT2D eigenvalue weighted by Gasteiger charge is 2.20. The maximum absolute atomic E-state index is 10.7. The second kappa shape index (κ2) is 5.55. The van der Waals surface area contributed by atoms with Crippen LogP contribution in [0.2, 0.25) is 0 Å². The van der Waals surface area contributed by atoms with Gasteiger partial charge in [0.05, 0.1) is 6.61 Å². The molecule has 1 aliphatic rings.